The van der Waals surface area contributed by atoms with Gasteiger partial charge in [-0.25, -0.2) is 0 Å². The monoisotopic (exact) mass is 289 g/mol. The zero-order chi connectivity index (χ0) is 11.8. The molecule has 1 atom stereocenters. The Morgan fingerprint density at radius 2 is 2.06 bits per heavy atom. The van der Waals surface area contributed by atoms with Crippen molar-refractivity contribution in [2.45, 2.75) is 6.04 Å². The van der Waals surface area contributed by atoms with Crippen molar-refractivity contribution >= 4 is 21.8 Å². The van der Waals surface area contributed by atoms with Gasteiger partial charge in [-0.3, -0.25) is 4.99 Å². The van der Waals surface area contributed by atoms with Gasteiger partial charge in [-0.2, -0.15) is 0 Å². The van der Waals surface area contributed by atoms with E-state index in [2.05, 4.69) is 38.0 Å². The third-order valence-corrected chi connectivity index (χ3v) is 3.50. The summed E-state index contributed by atoms with van der Waals surface area (Å²) in [5.74, 6) is 0.889. The molecule has 4 heteroatoms. The van der Waals surface area contributed by atoms with Gasteiger partial charge in [-0.05, 0) is 29.8 Å². The molecule has 1 unspecified atom stereocenters. The third-order valence-electron chi connectivity index (χ3n) is 2.97. The molecule has 3 rings (SSSR count). The molecule has 0 saturated heterocycles. The highest BCUT2D eigenvalue weighted by molar-refractivity contribution is 9.10. The summed E-state index contributed by atoms with van der Waals surface area (Å²) in [6.45, 7) is 0.863. The number of amidine groups is 1. The van der Waals surface area contributed by atoms with Crippen LogP contribution in [0.15, 0.2) is 57.8 Å². The van der Waals surface area contributed by atoms with E-state index < -0.39 is 0 Å². The van der Waals surface area contributed by atoms with Gasteiger partial charge < -0.3 is 10.6 Å². The van der Waals surface area contributed by atoms with Crippen molar-refractivity contribution in [1.82, 2.24) is 4.90 Å². The number of halogens is 1. The van der Waals surface area contributed by atoms with Crippen molar-refractivity contribution < 1.29 is 0 Å². The van der Waals surface area contributed by atoms with Crippen molar-refractivity contribution in [2.24, 2.45) is 10.7 Å². The Kier molecular flexibility index (Phi) is 2.52. The standard InChI is InChI=1S/C13H12BrN3/c14-10-5-3-9(4-6-10)12-8-17-7-1-2-11(15)13(17)16-12/h1-7,12H,8,15H2. The molecular weight excluding hydrogens is 278 g/mol. The van der Waals surface area contributed by atoms with E-state index in [0.717, 1.165) is 22.6 Å². The van der Waals surface area contributed by atoms with Crippen LogP contribution >= 0.6 is 15.9 Å². The van der Waals surface area contributed by atoms with Crippen LogP contribution in [-0.4, -0.2) is 17.3 Å². The minimum absolute atomic E-state index is 0.174. The van der Waals surface area contributed by atoms with E-state index in [1.807, 2.05) is 30.5 Å². The Morgan fingerprint density at radius 3 is 2.76 bits per heavy atom. The second kappa shape index (κ2) is 4.04. The summed E-state index contributed by atoms with van der Waals surface area (Å²) < 4.78 is 1.09. The van der Waals surface area contributed by atoms with Gasteiger partial charge >= 0.3 is 0 Å². The first kappa shape index (κ1) is 10.6. The molecule has 0 radical (unpaired) electrons. The number of benzene rings is 1. The van der Waals surface area contributed by atoms with Crippen LogP contribution in [0.25, 0.3) is 0 Å². The van der Waals surface area contributed by atoms with Crippen LogP contribution in [-0.2, 0) is 0 Å². The summed E-state index contributed by atoms with van der Waals surface area (Å²) in [7, 11) is 0. The minimum atomic E-state index is 0.174. The second-order valence-corrected chi connectivity index (χ2v) is 5.05. The van der Waals surface area contributed by atoms with Crippen LogP contribution < -0.4 is 5.73 Å². The maximum Gasteiger partial charge on any atom is 0.151 e. The average Bonchev–Trinajstić information content (AvgIpc) is 2.75. The van der Waals surface area contributed by atoms with Crippen molar-refractivity contribution in [3.63, 3.8) is 0 Å². The van der Waals surface area contributed by atoms with Crippen LogP contribution in [0.1, 0.15) is 11.6 Å². The highest BCUT2D eigenvalue weighted by Crippen LogP contribution is 2.28. The number of nitrogens with zero attached hydrogens (tertiary/aromatic N) is 2. The van der Waals surface area contributed by atoms with E-state index in [1.54, 1.807) is 0 Å². The molecule has 86 valence electrons. The number of hydrogen-bond donors (Lipinski definition) is 1. The molecular formula is C13H12BrN3. The molecule has 17 heavy (non-hydrogen) atoms. The lowest BCUT2D eigenvalue weighted by Crippen LogP contribution is -2.28. The number of fused-ring (bicyclic) bond motifs is 1. The predicted octanol–water partition coefficient (Wildman–Crippen LogP) is 2.57. The fraction of sp³-hybridized carbons (Fsp3) is 0.154. The van der Waals surface area contributed by atoms with Gasteiger partial charge in [0, 0.05) is 10.7 Å². The molecule has 3 nitrogen and oxygen atoms in total. The van der Waals surface area contributed by atoms with Crippen LogP contribution in [0.4, 0.5) is 0 Å². The topological polar surface area (TPSA) is 41.6 Å². The summed E-state index contributed by atoms with van der Waals surface area (Å²) in [6, 6.07) is 8.46. The molecule has 0 aliphatic carbocycles. The lowest BCUT2D eigenvalue weighted by atomic mass is 10.1. The zero-order valence-corrected chi connectivity index (χ0v) is 10.8. The van der Waals surface area contributed by atoms with E-state index in [0.29, 0.717) is 0 Å². The Labute approximate surface area is 108 Å². The maximum absolute atomic E-state index is 5.91. The third kappa shape index (κ3) is 1.89. The van der Waals surface area contributed by atoms with E-state index in [9.17, 15) is 0 Å². The molecule has 2 N–H and O–H groups in total. The number of nitrogens with two attached hydrogens (primary N) is 1. The van der Waals surface area contributed by atoms with Crippen LogP contribution in [0.3, 0.4) is 0 Å². The van der Waals surface area contributed by atoms with Gasteiger partial charge in [-0.15, -0.1) is 0 Å². The molecule has 0 saturated carbocycles. The summed E-state index contributed by atoms with van der Waals surface area (Å²) in [5, 5.41) is 0. The highest BCUT2D eigenvalue weighted by Gasteiger charge is 2.27. The fourth-order valence-electron chi connectivity index (χ4n) is 2.10. The predicted molar refractivity (Wildman–Crippen MR) is 72.4 cm³/mol. The normalized spacial score (nSPS) is 22.2. The molecule has 2 aliphatic rings. The quantitative estimate of drug-likeness (QED) is 0.863. The van der Waals surface area contributed by atoms with E-state index in [1.165, 1.54) is 5.56 Å². The molecule has 0 bridgehead atoms. The molecule has 0 spiro atoms. The molecule has 2 aliphatic heterocycles. The molecule has 2 heterocycles. The molecule has 0 fully saturated rings. The molecule has 1 aromatic rings. The highest BCUT2D eigenvalue weighted by atomic mass is 79.9. The Hall–Kier alpha value is -1.55. The number of rotatable bonds is 1. The van der Waals surface area contributed by atoms with Crippen LogP contribution in [0.5, 0.6) is 0 Å². The number of allylic oxidation sites excluding steroid dienone is 2. The minimum Gasteiger partial charge on any atom is -0.396 e. The first-order chi connectivity index (χ1) is 8.24. The average molecular weight is 290 g/mol. The van der Waals surface area contributed by atoms with Crippen molar-refractivity contribution in [1.29, 1.82) is 0 Å². The number of aliphatic imine (C=N–C) groups is 1. The van der Waals surface area contributed by atoms with Crippen molar-refractivity contribution in [3.05, 3.63) is 58.4 Å². The Morgan fingerprint density at radius 1 is 1.29 bits per heavy atom. The van der Waals surface area contributed by atoms with Gasteiger partial charge in [0.05, 0.1) is 18.3 Å². The first-order valence-corrected chi connectivity index (χ1v) is 6.27. The van der Waals surface area contributed by atoms with Gasteiger partial charge in [0.2, 0.25) is 0 Å². The van der Waals surface area contributed by atoms with E-state index in [-0.39, 0.29) is 6.04 Å². The van der Waals surface area contributed by atoms with Crippen LogP contribution in [0.2, 0.25) is 0 Å². The largest absolute Gasteiger partial charge is 0.396 e. The lowest BCUT2D eigenvalue weighted by Gasteiger charge is -2.18. The van der Waals surface area contributed by atoms with Gasteiger partial charge in [0.15, 0.2) is 5.84 Å². The Balaban J connectivity index is 1.91. The van der Waals surface area contributed by atoms with E-state index in [4.69, 9.17) is 5.73 Å². The van der Waals surface area contributed by atoms with Crippen molar-refractivity contribution in [3.8, 4) is 0 Å². The molecule has 0 aromatic heterocycles. The smallest absolute Gasteiger partial charge is 0.151 e. The summed E-state index contributed by atoms with van der Waals surface area (Å²) in [4.78, 5) is 6.77. The second-order valence-electron chi connectivity index (χ2n) is 4.14. The summed E-state index contributed by atoms with van der Waals surface area (Å²) in [6.07, 6.45) is 5.87. The van der Waals surface area contributed by atoms with E-state index >= 15 is 0 Å². The van der Waals surface area contributed by atoms with Crippen LogP contribution in [0, 0.1) is 0 Å². The first-order valence-electron chi connectivity index (χ1n) is 5.48. The lowest BCUT2D eigenvalue weighted by molar-refractivity contribution is 0.547. The fourth-order valence-corrected chi connectivity index (χ4v) is 2.36. The zero-order valence-electron chi connectivity index (χ0n) is 9.18. The SMILES string of the molecule is NC1=CC=CN2CC(c3ccc(Br)cc3)N=C12. The molecule has 1 aromatic carbocycles. The van der Waals surface area contributed by atoms with Gasteiger partial charge in [0.1, 0.15) is 0 Å². The van der Waals surface area contributed by atoms with Crippen molar-refractivity contribution in [2.75, 3.05) is 6.54 Å². The summed E-state index contributed by atoms with van der Waals surface area (Å²) in [5.41, 5.74) is 7.88. The summed E-state index contributed by atoms with van der Waals surface area (Å²) >= 11 is 3.44. The Bertz CT molecular complexity index is 528. The molecule has 0 amide bonds. The van der Waals surface area contributed by atoms with Gasteiger partial charge in [0.25, 0.3) is 0 Å². The maximum atomic E-state index is 5.91. The number of hydrogen-bond acceptors (Lipinski definition) is 3. The van der Waals surface area contributed by atoms with Gasteiger partial charge in [-0.1, -0.05) is 28.1 Å².